The summed E-state index contributed by atoms with van der Waals surface area (Å²) in [5.41, 5.74) is 2.75. The van der Waals surface area contributed by atoms with E-state index in [4.69, 9.17) is 0 Å². The molecule has 2 aromatic heterocycles. The number of likely N-dealkylation sites (N-methyl/N-ethyl adjacent to an activating group) is 1. The zero-order valence-corrected chi connectivity index (χ0v) is 22.7. The third-order valence-electron chi connectivity index (χ3n) is 6.74. The van der Waals surface area contributed by atoms with Crippen molar-refractivity contribution >= 4 is 47.3 Å². The van der Waals surface area contributed by atoms with Crippen LogP contribution in [0.1, 0.15) is 40.5 Å². The number of pyridine rings is 2. The van der Waals surface area contributed by atoms with Crippen LogP contribution >= 0.6 is 11.8 Å². The van der Waals surface area contributed by atoms with Crippen LogP contribution in [0.4, 0.5) is 22.1 Å². The molecule has 38 heavy (non-hydrogen) atoms. The summed E-state index contributed by atoms with van der Waals surface area (Å²) >= 11 is 1.71. The van der Waals surface area contributed by atoms with Crippen molar-refractivity contribution in [2.75, 3.05) is 61.6 Å². The Bertz CT molecular complexity index is 1260. The minimum Gasteiger partial charge on any atom is -0.383 e. The Morgan fingerprint density at radius 2 is 2.13 bits per heavy atom. The predicted octanol–water partition coefficient (Wildman–Crippen LogP) is 2.58. The molecule has 1 saturated heterocycles. The molecular formula is C26H32N8O3S. The molecule has 11 nitrogen and oxygen atoms in total. The van der Waals surface area contributed by atoms with E-state index in [9.17, 15) is 19.6 Å². The highest BCUT2D eigenvalue weighted by Crippen LogP contribution is 2.29. The number of anilines is 3. The normalized spacial score (nSPS) is 16.4. The topological polar surface area (TPSA) is 135 Å². The first-order valence-electron chi connectivity index (χ1n) is 12.5. The Morgan fingerprint density at radius 3 is 2.84 bits per heavy atom. The largest absolute Gasteiger partial charge is 0.383 e. The van der Waals surface area contributed by atoms with Crippen LogP contribution in [0.3, 0.4) is 0 Å². The lowest BCUT2D eigenvalue weighted by atomic mass is 10.0. The minimum atomic E-state index is -0.419. The van der Waals surface area contributed by atoms with Gasteiger partial charge in [0.05, 0.1) is 17.8 Å². The van der Waals surface area contributed by atoms with E-state index in [1.165, 1.54) is 11.1 Å². The Morgan fingerprint density at radius 1 is 1.32 bits per heavy atom. The number of hydrogen-bond acceptors (Lipinski definition) is 9. The summed E-state index contributed by atoms with van der Waals surface area (Å²) in [6.07, 6.45) is 5.57. The summed E-state index contributed by atoms with van der Waals surface area (Å²) in [6, 6.07) is 5.25. The van der Waals surface area contributed by atoms with Gasteiger partial charge in [0.15, 0.2) is 6.29 Å². The maximum atomic E-state index is 13.3. The second-order valence-corrected chi connectivity index (χ2v) is 10.8. The van der Waals surface area contributed by atoms with Gasteiger partial charge in [0.1, 0.15) is 23.4 Å². The zero-order valence-electron chi connectivity index (χ0n) is 21.9. The van der Waals surface area contributed by atoms with Gasteiger partial charge < -0.3 is 10.2 Å². The molecule has 4 rings (SSSR count). The average molecular weight is 537 g/mol. The van der Waals surface area contributed by atoms with Crippen LogP contribution in [0.15, 0.2) is 18.3 Å². The fraction of sp³-hybridized carbons (Fsp3) is 0.462. The highest BCUT2D eigenvalue weighted by molar-refractivity contribution is 7.99. The molecule has 0 saturated carbocycles. The molecule has 2 aliphatic rings. The minimum absolute atomic E-state index is 0.0148. The standard InChI is InChI=1S/C26H32N8O3S/c1-17(38-3)12-28-21-10-23(29-13-20(21)11-27)31-26(37)34-6-4-5-18-9-19(22(16-35)30-25(18)34)14-33-8-7-32(2)15-24(33)36/h9-10,13,16-17H,4-8,12,14-15H2,1-3H3,(H2,28,29,31,37). The number of urea groups is 1. The third kappa shape index (κ3) is 6.23. The van der Waals surface area contributed by atoms with Crippen LogP contribution in [0, 0.1) is 11.3 Å². The summed E-state index contributed by atoms with van der Waals surface area (Å²) in [5, 5.41) is 15.8. The van der Waals surface area contributed by atoms with Gasteiger partial charge in [0.25, 0.3) is 0 Å². The number of hydrogen-bond donors (Lipinski definition) is 2. The highest BCUT2D eigenvalue weighted by atomic mass is 32.2. The van der Waals surface area contributed by atoms with E-state index in [1.54, 1.807) is 22.7 Å². The van der Waals surface area contributed by atoms with Gasteiger partial charge in [-0.15, -0.1) is 0 Å². The lowest BCUT2D eigenvalue weighted by Crippen LogP contribution is -2.48. The number of fused-ring (bicyclic) bond motifs is 1. The summed E-state index contributed by atoms with van der Waals surface area (Å²) in [4.78, 5) is 51.7. The van der Waals surface area contributed by atoms with E-state index in [-0.39, 0.29) is 11.6 Å². The number of aryl methyl sites for hydroxylation is 1. The van der Waals surface area contributed by atoms with Gasteiger partial charge in [-0.25, -0.2) is 14.8 Å². The fourth-order valence-electron chi connectivity index (χ4n) is 4.46. The number of nitrogens with zero attached hydrogens (tertiary/aromatic N) is 6. The number of aromatic nitrogens is 2. The Balaban J connectivity index is 1.53. The Labute approximate surface area is 226 Å². The number of rotatable bonds is 8. The summed E-state index contributed by atoms with van der Waals surface area (Å²) in [5.74, 6) is 0.757. The molecule has 0 bridgehead atoms. The molecular weight excluding hydrogens is 504 g/mol. The van der Waals surface area contributed by atoms with Crippen LogP contribution in [-0.2, 0) is 17.8 Å². The lowest BCUT2D eigenvalue weighted by molar-refractivity contribution is -0.136. The second kappa shape index (κ2) is 12.2. The smallest absolute Gasteiger partial charge is 0.328 e. The van der Waals surface area contributed by atoms with Crippen LogP contribution in [0.2, 0.25) is 0 Å². The van der Waals surface area contributed by atoms with E-state index in [0.717, 1.165) is 18.5 Å². The number of nitrogens with one attached hydrogen (secondary N) is 2. The van der Waals surface area contributed by atoms with Gasteiger partial charge in [-0.2, -0.15) is 17.0 Å². The summed E-state index contributed by atoms with van der Waals surface area (Å²) in [7, 11) is 1.91. The van der Waals surface area contributed by atoms with Gasteiger partial charge in [0.2, 0.25) is 5.91 Å². The molecule has 1 atom stereocenters. The van der Waals surface area contributed by atoms with Gasteiger partial charge in [0, 0.05) is 55.8 Å². The number of thioether (sulfide) groups is 1. The van der Waals surface area contributed by atoms with Crippen LogP contribution in [-0.4, -0.2) is 89.3 Å². The van der Waals surface area contributed by atoms with Crippen molar-refractivity contribution < 1.29 is 14.4 Å². The Kier molecular flexibility index (Phi) is 8.81. The van der Waals surface area contributed by atoms with E-state index in [1.807, 2.05) is 24.3 Å². The summed E-state index contributed by atoms with van der Waals surface area (Å²) < 4.78 is 0. The van der Waals surface area contributed by atoms with Crippen molar-refractivity contribution in [2.45, 2.75) is 31.6 Å². The van der Waals surface area contributed by atoms with Crippen molar-refractivity contribution in [1.82, 2.24) is 19.8 Å². The predicted molar refractivity (Wildman–Crippen MR) is 148 cm³/mol. The number of nitriles is 1. The molecule has 3 amide bonds. The van der Waals surface area contributed by atoms with E-state index in [0.29, 0.717) is 79.1 Å². The first-order chi connectivity index (χ1) is 18.3. The first-order valence-corrected chi connectivity index (χ1v) is 13.8. The summed E-state index contributed by atoms with van der Waals surface area (Å²) in [6.45, 7) is 5.19. The van der Waals surface area contributed by atoms with Crippen molar-refractivity contribution in [1.29, 1.82) is 5.26 Å². The molecule has 12 heteroatoms. The van der Waals surface area contributed by atoms with E-state index < -0.39 is 6.03 Å². The third-order valence-corrected chi connectivity index (χ3v) is 7.72. The lowest BCUT2D eigenvalue weighted by Gasteiger charge is -2.33. The first kappa shape index (κ1) is 27.3. The molecule has 0 spiro atoms. The number of amides is 3. The van der Waals surface area contributed by atoms with Gasteiger partial charge in [-0.05, 0) is 37.8 Å². The molecule has 0 aromatic carbocycles. The van der Waals surface area contributed by atoms with Gasteiger partial charge >= 0.3 is 6.03 Å². The molecule has 4 heterocycles. The van der Waals surface area contributed by atoms with Crippen molar-refractivity contribution in [3.8, 4) is 6.07 Å². The molecule has 1 unspecified atom stereocenters. The number of piperazine rings is 1. The molecule has 200 valence electrons. The molecule has 2 aromatic rings. The molecule has 2 N–H and O–H groups in total. The van der Waals surface area contributed by atoms with Crippen LogP contribution in [0.5, 0.6) is 0 Å². The van der Waals surface area contributed by atoms with E-state index >= 15 is 0 Å². The zero-order chi connectivity index (χ0) is 27.2. The maximum Gasteiger partial charge on any atom is 0.328 e. The van der Waals surface area contributed by atoms with Crippen molar-refractivity contribution in [3.05, 3.63) is 40.7 Å². The number of carbonyl (C=O) groups is 3. The van der Waals surface area contributed by atoms with Gasteiger partial charge in [-0.3, -0.25) is 24.7 Å². The SMILES string of the molecule is CSC(C)CNc1cc(NC(=O)N2CCCc3cc(CN4CCN(C)CC4=O)c(C=O)nc32)ncc1C#N. The molecule has 2 aliphatic heterocycles. The highest BCUT2D eigenvalue weighted by Gasteiger charge is 2.28. The van der Waals surface area contributed by atoms with E-state index in [2.05, 4.69) is 33.6 Å². The number of aldehydes is 1. The Hall–Kier alpha value is -3.69. The molecule has 0 radical (unpaired) electrons. The molecule has 1 fully saturated rings. The van der Waals surface area contributed by atoms with Gasteiger partial charge in [-0.1, -0.05) is 6.92 Å². The van der Waals surface area contributed by atoms with Crippen molar-refractivity contribution in [3.63, 3.8) is 0 Å². The number of carbonyl (C=O) groups excluding carboxylic acids is 3. The van der Waals surface area contributed by atoms with Crippen LogP contribution < -0.4 is 15.5 Å². The fourth-order valence-corrected chi connectivity index (χ4v) is 4.71. The second-order valence-electron chi connectivity index (χ2n) is 9.53. The monoisotopic (exact) mass is 536 g/mol. The van der Waals surface area contributed by atoms with Crippen LogP contribution in [0.25, 0.3) is 0 Å². The quantitative estimate of drug-likeness (QED) is 0.488. The maximum absolute atomic E-state index is 13.3. The molecule has 0 aliphatic carbocycles. The van der Waals surface area contributed by atoms with Crippen molar-refractivity contribution in [2.24, 2.45) is 0 Å². The average Bonchev–Trinajstić information content (AvgIpc) is 2.92.